The zero-order valence-electron chi connectivity index (χ0n) is 15.3. The number of carbonyl (C=O) groups excluding carboxylic acids is 1. The molecular formula is C16H21N3O5S3. The summed E-state index contributed by atoms with van der Waals surface area (Å²) in [5.74, 6) is 1.45. The quantitative estimate of drug-likeness (QED) is 0.666. The van der Waals surface area contributed by atoms with Crippen molar-refractivity contribution in [3.63, 3.8) is 0 Å². The zero-order chi connectivity index (χ0) is 19.7. The van der Waals surface area contributed by atoms with E-state index in [1.54, 1.807) is 17.1 Å². The Kier molecular flexibility index (Phi) is 5.94. The molecule has 0 saturated carbocycles. The Morgan fingerprint density at radius 2 is 2.04 bits per heavy atom. The van der Waals surface area contributed by atoms with Gasteiger partial charge in [0.05, 0.1) is 0 Å². The highest BCUT2D eigenvalue weighted by Crippen LogP contribution is 2.28. The van der Waals surface area contributed by atoms with Crippen LogP contribution in [0.3, 0.4) is 0 Å². The Morgan fingerprint density at radius 1 is 1.33 bits per heavy atom. The summed E-state index contributed by atoms with van der Waals surface area (Å²) < 4.78 is 37.4. The Balaban J connectivity index is 1.71. The second-order valence-electron chi connectivity index (χ2n) is 6.97. The van der Waals surface area contributed by atoms with E-state index in [1.165, 1.54) is 10.4 Å². The van der Waals surface area contributed by atoms with E-state index < -0.39 is 16.0 Å². The van der Waals surface area contributed by atoms with Crippen LogP contribution in [0.4, 0.5) is 0 Å². The van der Waals surface area contributed by atoms with Crippen molar-refractivity contribution in [2.45, 2.75) is 37.7 Å². The lowest BCUT2D eigenvalue weighted by Crippen LogP contribution is -2.38. The summed E-state index contributed by atoms with van der Waals surface area (Å²) in [7, 11) is -3.71. The van der Waals surface area contributed by atoms with Gasteiger partial charge in [-0.05, 0) is 11.4 Å². The molecule has 148 valence electrons. The first-order valence-electron chi connectivity index (χ1n) is 8.35. The van der Waals surface area contributed by atoms with E-state index in [2.05, 4.69) is 10.1 Å². The van der Waals surface area contributed by atoms with Crippen molar-refractivity contribution in [2.75, 3.05) is 24.6 Å². The molecule has 11 heteroatoms. The van der Waals surface area contributed by atoms with Crippen molar-refractivity contribution in [3.8, 4) is 0 Å². The topological polar surface area (TPSA) is 103 Å². The van der Waals surface area contributed by atoms with Crippen molar-refractivity contribution in [3.05, 3.63) is 28.0 Å². The fourth-order valence-electron chi connectivity index (χ4n) is 2.39. The van der Waals surface area contributed by atoms with Gasteiger partial charge in [-0.25, -0.2) is 13.2 Å². The zero-order valence-corrected chi connectivity index (χ0v) is 17.7. The van der Waals surface area contributed by atoms with Crippen LogP contribution in [-0.2, 0) is 26.8 Å². The first-order chi connectivity index (χ1) is 12.7. The maximum absolute atomic E-state index is 12.8. The molecule has 1 aliphatic heterocycles. The third-order valence-electron chi connectivity index (χ3n) is 3.87. The molecule has 3 rings (SSSR count). The number of hydrogen-bond acceptors (Lipinski definition) is 9. The molecule has 27 heavy (non-hydrogen) atoms. The first kappa shape index (κ1) is 20.3. The van der Waals surface area contributed by atoms with E-state index in [9.17, 15) is 13.2 Å². The van der Waals surface area contributed by atoms with Crippen molar-refractivity contribution in [2.24, 2.45) is 0 Å². The predicted octanol–water partition coefficient (Wildman–Crippen LogP) is 2.52. The number of sulfonamides is 1. The average molecular weight is 432 g/mol. The fourth-order valence-corrected chi connectivity index (χ4v) is 6.25. The highest BCUT2D eigenvalue weighted by Gasteiger charge is 2.32. The maximum Gasteiger partial charge on any atom is 0.350 e. The van der Waals surface area contributed by atoms with Crippen molar-refractivity contribution in [1.82, 2.24) is 14.4 Å². The Labute approximate surface area is 166 Å². The number of nitrogens with zero attached hydrogens (tertiary/aromatic N) is 3. The van der Waals surface area contributed by atoms with Gasteiger partial charge in [-0.15, -0.1) is 11.3 Å². The van der Waals surface area contributed by atoms with E-state index in [0.717, 1.165) is 22.8 Å². The lowest BCUT2D eigenvalue weighted by Gasteiger charge is -2.25. The summed E-state index contributed by atoms with van der Waals surface area (Å²) in [5.41, 5.74) is -0.284. The molecule has 0 atom stereocenters. The predicted molar refractivity (Wildman–Crippen MR) is 103 cm³/mol. The van der Waals surface area contributed by atoms with Gasteiger partial charge in [0.2, 0.25) is 10.0 Å². The molecule has 1 saturated heterocycles. The average Bonchev–Trinajstić information content (AvgIpc) is 3.30. The van der Waals surface area contributed by atoms with Gasteiger partial charge in [0.25, 0.3) is 5.89 Å². The molecule has 0 unspecified atom stereocenters. The molecule has 2 aromatic rings. The Morgan fingerprint density at radius 3 is 2.67 bits per heavy atom. The largest absolute Gasteiger partial charge is 0.451 e. The number of thiophene rings is 1. The van der Waals surface area contributed by atoms with Gasteiger partial charge in [-0.2, -0.15) is 21.1 Å². The third kappa shape index (κ3) is 4.53. The van der Waals surface area contributed by atoms with Crippen molar-refractivity contribution < 1.29 is 22.5 Å². The second-order valence-corrected chi connectivity index (χ2v) is 11.0. The van der Waals surface area contributed by atoms with E-state index in [-0.39, 0.29) is 27.7 Å². The molecule has 1 aliphatic rings. The van der Waals surface area contributed by atoms with Crippen LogP contribution in [0.15, 0.2) is 20.9 Å². The molecule has 0 bridgehead atoms. The number of esters is 1. The van der Waals surface area contributed by atoms with Gasteiger partial charge in [0, 0.05) is 30.0 Å². The highest BCUT2D eigenvalue weighted by molar-refractivity contribution is 7.99. The van der Waals surface area contributed by atoms with E-state index in [4.69, 9.17) is 9.26 Å². The molecule has 0 aromatic carbocycles. The van der Waals surface area contributed by atoms with Crippen LogP contribution in [0.2, 0.25) is 0 Å². The molecular weight excluding hydrogens is 410 g/mol. The minimum absolute atomic E-state index is 0.00897. The SMILES string of the molecule is CC(C)(C)c1noc(COC(=O)c2sccc2S(=O)(=O)N2CCSCC2)n1. The van der Waals surface area contributed by atoms with Crippen LogP contribution >= 0.6 is 23.1 Å². The molecule has 8 nitrogen and oxygen atoms in total. The molecule has 0 aliphatic carbocycles. The van der Waals surface area contributed by atoms with Crippen LogP contribution < -0.4 is 0 Å². The van der Waals surface area contributed by atoms with Gasteiger partial charge >= 0.3 is 5.97 Å². The number of rotatable bonds is 5. The number of aromatic nitrogens is 2. The second kappa shape index (κ2) is 7.90. The molecule has 2 aromatic heterocycles. The Hall–Kier alpha value is -1.43. The van der Waals surface area contributed by atoms with Crippen molar-refractivity contribution in [1.29, 1.82) is 0 Å². The normalized spacial score (nSPS) is 16.4. The van der Waals surface area contributed by atoms with Gasteiger partial charge < -0.3 is 9.26 Å². The smallest absolute Gasteiger partial charge is 0.350 e. The molecule has 0 amide bonds. The van der Waals surface area contributed by atoms with E-state index in [0.29, 0.717) is 18.9 Å². The molecule has 0 N–H and O–H groups in total. The third-order valence-corrected chi connectivity index (χ3v) is 7.78. The van der Waals surface area contributed by atoms with E-state index >= 15 is 0 Å². The first-order valence-corrected chi connectivity index (χ1v) is 11.8. The molecule has 0 spiro atoms. The van der Waals surface area contributed by atoms with Gasteiger partial charge in [-0.3, -0.25) is 0 Å². The summed E-state index contributed by atoms with van der Waals surface area (Å²) in [6, 6.07) is 1.45. The number of ether oxygens (including phenoxy) is 1. The van der Waals surface area contributed by atoms with Crippen LogP contribution in [0.1, 0.15) is 42.2 Å². The summed E-state index contributed by atoms with van der Waals surface area (Å²) in [6.45, 7) is 6.49. The van der Waals surface area contributed by atoms with Gasteiger partial charge in [0.1, 0.15) is 9.77 Å². The van der Waals surface area contributed by atoms with Crippen molar-refractivity contribution >= 4 is 39.1 Å². The number of thioether (sulfide) groups is 1. The van der Waals surface area contributed by atoms with Gasteiger partial charge in [0.15, 0.2) is 12.4 Å². The monoisotopic (exact) mass is 431 g/mol. The Bertz CT molecular complexity index is 908. The summed E-state index contributed by atoms with van der Waals surface area (Å²) in [6.07, 6.45) is 0. The van der Waals surface area contributed by atoms with Crippen LogP contribution in [0.25, 0.3) is 0 Å². The minimum atomic E-state index is -3.71. The molecule has 1 fully saturated rings. The van der Waals surface area contributed by atoms with Gasteiger partial charge in [-0.1, -0.05) is 25.9 Å². The maximum atomic E-state index is 12.8. The minimum Gasteiger partial charge on any atom is -0.451 e. The van der Waals surface area contributed by atoms with Crippen LogP contribution in [0, 0.1) is 0 Å². The summed E-state index contributed by atoms with van der Waals surface area (Å²) >= 11 is 2.75. The van der Waals surface area contributed by atoms with E-state index in [1.807, 2.05) is 20.8 Å². The molecule has 0 radical (unpaired) electrons. The summed E-state index contributed by atoms with van der Waals surface area (Å²) in [4.78, 5) is 16.7. The lowest BCUT2D eigenvalue weighted by atomic mass is 9.96. The number of carbonyl (C=O) groups is 1. The lowest BCUT2D eigenvalue weighted by molar-refractivity contribution is 0.0431. The van der Waals surface area contributed by atoms with Crippen LogP contribution in [-0.4, -0.2) is 53.4 Å². The molecule has 3 heterocycles. The highest BCUT2D eigenvalue weighted by atomic mass is 32.2. The standard InChI is InChI=1S/C16H21N3O5S3/c1-16(2,3)15-17-12(24-18-15)10-23-14(20)13-11(4-7-26-13)27(21,22)19-5-8-25-9-6-19/h4,7H,5-6,8-10H2,1-3H3. The summed E-state index contributed by atoms with van der Waals surface area (Å²) in [5, 5.41) is 5.44. The van der Waals surface area contributed by atoms with Crippen LogP contribution in [0.5, 0.6) is 0 Å². The fraction of sp³-hybridized carbons (Fsp3) is 0.562. The number of hydrogen-bond donors (Lipinski definition) is 0.